The van der Waals surface area contributed by atoms with E-state index in [1.807, 2.05) is 25.9 Å². The van der Waals surface area contributed by atoms with Gasteiger partial charge >= 0.3 is 0 Å². The zero-order chi connectivity index (χ0) is 29.7. The molecule has 238 valence electrons. The Balaban J connectivity index is 3.84. The van der Waals surface area contributed by atoms with E-state index in [4.69, 9.17) is 0 Å². The molecular weight excluding hydrogens is 490 g/mol. The number of rotatable bonds is 32. The Hall–Kier alpha value is -0.700. The Morgan fingerprint density at radius 1 is 0.425 bits per heavy atom. The van der Waals surface area contributed by atoms with Gasteiger partial charge in [0.1, 0.15) is 5.78 Å². The molecule has 2 unspecified atom stereocenters. The molecule has 0 heterocycles. The molecule has 0 saturated heterocycles. The topological polar surface area (TPSA) is 37.4 Å². The van der Waals surface area contributed by atoms with Crippen molar-refractivity contribution in [2.75, 3.05) is 14.1 Å². The molecule has 2 atom stereocenters. The molecule has 0 rings (SSSR count). The number of likely N-dealkylation sites (N-methyl/N-ethyl adjacent to an activating group) is 1. The van der Waals surface area contributed by atoms with E-state index in [0.29, 0.717) is 12.8 Å². The van der Waals surface area contributed by atoms with Gasteiger partial charge in [0.15, 0.2) is 5.78 Å². The van der Waals surface area contributed by atoms with Crippen molar-refractivity contribution in [3.63, 3.8) is 0 Å². The normalized spacial score (nSPS) is 13.2. The van der Waals surface area contributed by atoms with E-state index < -0.39 is 0 Å². The summed E-state index contributed by atoms with van der Waals surface area (Å²) in [5.41, 5.74) is 0. The number of nitrogens with zero attached hydrogens (tertiary/aromatic N) is 1. The van der Waals surface area contributed by atoms with Gasteiger partial charge in [0.2, 0.25) is 0 Å². The minimum absolute atomic E-state index is 0.193. The van der Waals surface area contributed by atoms with Crippen LogP contribution in [0.5, 0.6) is 0 Å². The van der Waals surface area contributed by atoms with Crippen molar-refractivity contribution in [3.8, 4) is 0 Å². The lowest BCUT2D eigenvalue weighted by molar-refractivity contribution is -0.132. The molecule has 3 heteroatoms. The maximum Gasteiger partial charge on any atom is 0.150 e. The van der Waals surface area contributed by atoms with Gasteiger partial charge in [-0.15, -0.1) is 0 Å². The molecule has 0 aliphatic carbocycles. The van der Waals surface area contributed by atoms with E-state index in [2.05, 4.69) is 13.8 Å². The van der Waals surface area contributed by atoms with E-state index in [1.165, 1.54) is 141 Å². The Labute approximate surface area is 252 Å². The quantitative estimate of drug-likeness (QED) is 0.0764. The third-order valence-electron chi connectivity index (χ3n) is 8.92. The van der Waals surface area contributed by atoms with Gasteiger partial charge in [0.05, 0.1) is 6.04 Å². The Morgan fingerprint density at radius 2 is 0.675 bits per heavy atom. The van der Waals surface area contributed by atoms with Crippen LogP contribution in [0.4, 0.5) is 0 Å². The van der Waals surface area contributed by atoms with Crippen molar-refractivity contribution in [1.29, 1.82) is 0 Å². The zero-order valence-electron chi connectivity index (χ0n) is 28.2. The van der Waals surface area contributed by atoms with Crippen molar-refractivity contribution >= 4 is 11.6 Å². The summed E-state index contributed by atoms with van der Waals surface area (Å²) in [6.07, 6.45) is 35.5. The Kier molecular flexibility index (Phi) is 29.3. The van der Waals surface area contributed by atoms with Crippen LogP contribution >= 0.6 is 0 Å². The van der Waals surface area contributed by atoms with Crippen molar-refractivity contribution in [1.82, 2.24) is 4.90 Å². The summed E-state index contributed by atoms with van der Waals surface area (Å²) >= 11 is 0. The van der Waals surface area contributed by atoms with E-state index in [9.17, 15) is 9.59 Å². The number of unbranched alkanes of at least 4 members (excludes halogenated alkanes) is 24. The maximum atomic E-state index is 13.0. The molecular formula is C37H73NO2. The summed E-state index contributed by atoms with van der Waals surface area (Å²) in [5.74, 6) is 0.349. The van der Waals surface area contributed by atoms with Crippen LogP contribution < -0.4 is 0 Å². The third kappa shape index (κ3) is 24.0. The minimum Gasteiger partial charge on any atom is -0.299 e. The highest BCUT2D eigenvalue weighted by molar-refractivity contribution is 5.91. The van der Waals surface area contributed by atoms with Crippen LogP contribution in [-0.4, -0.2) is 36.6 Å². The van der Waals surface area contributed by atoms with Crippen LogP contribution in [0.25, 0.3) is 0 Å². The molecule has 0 aliphatic rings. The minimum atomic E-state index is -0.258. The lowest BCUT2D eigenvalue weighted by Crippen LogP contribution is -2.44. The molecule has 0 fully saturated rings. The molecule has 0 aliphatic heterocycles. The number of Topliss-reactive ketones (excluding diaryl/α,β-unsaturated/α-hetero) is 2. The fourth-order valence-electron chi connectivity index (χ4n) is 6.20. The second kappa shape index (κ2) is 29.8. The summed E-state index contributed by atoms with van der Waals surface area (Å²) in [4.78, 5) is 27.9. The summed E-state index contributed by atoms with van der Waals surface area (Å²) in [6, 6.07) is -0.258. The third-order valence-corrected chi connectivity index (χ3v) is 8.92. The largest absolute Gasteiger partial charge is 0.299 e. The summed E-state index contributed by atoms with van der Waals surface area (Å²) < 4.78 is 0. The van der Waals surface area contributed by atoms with Gasteiger partial charge in [-0.05, 0) is 26.9 Å². The number of carbonyl (C=O) groups excluding carboxylic acids is 2. The van der Waals surface area contributed by atoms with Gasteiger partial charge in [-0.25, -0.2) is 0 Å². The highest BCUT2D eigenvalue weighted by atomic mass is 16.1. The fourth-order valence-corrected chi connectivity index (χ4v) is 6.20. The molecule has 40 heavy (non-hydrogen) atoms. The molecule has 0 saturated carbocycles. The smallest absolute Gasteiger partial charge is 0.150 e. The lowest BCUT2D eigenvalue weighted by atomic mass is 9.88. The molecule has 0 radical (unpaired) electrons. The summed E-state index contributed by atoms with van der Waals surface area (Å²) in [5, 5.41) is 0. The Morgan fingerprint density at radius 3 is 0.950 bits per heavy atom. The van der Waals surface area contributed by atoms with Gasteiger partial charge in [0.25, 0.3) is 0 Å². The van der Waals surface area contributed by atoms with E-state index in [-0.39, 0.29) is 23.5 Å². The first kappa shape index (κ1) is 39.3. The van der Waals surface area contributed by atoms with Crippen molar-refractivity contribution in [3.05, 3.63) is 0 Å². The van der Waals surface area contributed by atoms with Crippen LogP contribution in [-0.2, 0) is 9.59 Å². The molecule has 0 aromatic rings. The van der Waals surface area contributed by atoms with Crippen LogP contribution in [0.3, 0.4) is 0 Å². The first-order valence-corrected chi connectivity index (χ1v) is 18.2. The SMILES string of the molecule is CCCCCCCCCCCCCCCC(=O)C(C)C(C(=O)CCCCCCCCCCCCCCC)N(C)C. The maximum absolute atomic E-state index is 13.0. The zero-order valence-corrected chi connectivity index (χ0v) is 28.2. The van der Waals surface area contributed by atoms with Crippen LogP contribution in [0.15, 0.2) is 0 Å². The predicted octanol–water partition coefficient (Wildman–Crippen LogP) is 11.7. The van der Waals surface area contributed by atoms with Crippen molar-refractivity contribution < 1.29 is 9.59 Å². The predicted molar refractivity (Wildman–Crippen MR) is 177 cm³/mol. The number of carbonyl (C=O) groups is 2. The second-order valence-electron chi connectivity index (χ2n) is 13.1. The lowest BCUT2D eigenvalue weighted by Gasteiger charge is -2.28. The molecule has 0 amide bonds. The second-order valence-corrected chi connectivity index (χ2v) is 13.1. The van der Waals surface area contributed by atoms with Crippen LogP contribution in [0.1, 0.15) is 201 Å². The van der Waals surface area contributed by atoms with Crippen LogP contribution in [0.2, 0.25) is 0 Å². The number of hydrogen-bond acceptors (Lipinski definition) is 3. The van der Waals surface area contributed by atoms with Crippen molar-refractivity contribution in [2.24, 2.45) is 5.92 Å². The number of hydrogen-bond donors (Lipinski definition) is 0. The highest BCUT2D eigenvalue weighted by Gasteiger charge is 2.30. The summed E-state index contributed by atoms with van der Waals surface area (Å²) in [6.45, 7) is 6.54. The Bertz CT molecular complexity index is 558. The van der Waals surface area contributed by atoms with E-state index >= 15 is 0 Å². The standard InChI is InChI=1S/C37H73NO2/c1-6-8-10-12-14-16-18-20-22-24-26-28-30-32-35(39)34(3)37(38(4)5)36(40)33-31-29-27-25-23-21-19-17-15-13-11-9-7-2/h34,37H,6-33H2,1-5H3. The molecule has 0 bridgehead atoms. The molecule has 0 aromatic carbocycles. The van der Waals surface area contributed by atoms with Gasteiger partial charge < -0.3 is 0 Å². The molecule has 3 nitrogen and oxygen atoms in total. The summed E-state index contributed by atoms with van der Waals surface area (Å²) in [7, 11) is 3.92. The van der Waals surface area contributed by atoms with Crippen molar-refractivity contribution in [2.45, 2.75) is 207 Å². The molecule has 0 spiro atoms. The molecule has 0 aromatic heterocycles. The highest BCUT2D eigenvalue weighted by Crippen LogP contribution is 2.19. The van der Waals surface area contributed by atoms with Gasteiger partial charge in [-0.3, -0.25) is 14.5 Å². The molecule has 0 N–H and O–H groups in total. The first-order valence-electron chi connectivity index (χ1n) is 18.2. The monoisotopic (exact) mass is 564 g/mol. The van der Waals surface area contributed by atoms with E-state index in [0.717, 1.165) is 25.7 Å². The van der Waals surface area contributed by atoms with Gasteiger partial charge in [-0.1, -0.05) is 175 Å². The van der Waals surface area contributed by atoms with E-state index in [1.54, 1.807) is 0 Å². The van der Waals surface area contributed by atoms with Crippen LogP contribution in [0, 0.1) is 5.92 Å². The first-order chi connectivity index (χ1) is 19.5. The average molecular weight is 564 g/mol. The van der Waals surface area contributed by atoms with Gasteiger partial charge in [0, 0.05) is 18.8 Å². The van der Waals surface area contributed by atoms with Gasteiger partial charge in [-0.2, -0.15) is 0 Å². The number of ketones is 2. The average Bonchev–Trinajstić information content (AvgIpc) is 2.93. The fraction of sp³-hybridized carbons (Fsp3) is 0.946.